The summed E-state index contributed by atoms with van der Waals surface area (Å²) in [6.07, 6.45) is 0.965. The van der Waals surface area contributed by atoms with Crippen LogP contribution in [0.2, 0.25) is 4.34 Å². The third-order valence-electron chi connectivity index (χ3n) is 2.92. The summed E-state index contributed by atoms with van der Waals surface area (Å²) in [4.78, 5) is 3.38. The van der Waals surface area contributed by atoms with E-state index in [2.05, 4.69) is 17.9 Å². The van der Waals surface area contributed by atoms with Crippen LogP contribution in [0.5, 0.6) is 5.75 Å². The summed E-state index contributed by atoms with van der Waals surface area (Å²) in [6.45, 7) is 3.57. The Morgan fingerprint density at radius 1 is 1.30 bits per heavy atom. The van der Waals surface area contributed by atoms with E-state index in [9.17, 15) is 0 Å². The largest absolute Gasteiger partial charge is 0.491 e. The molecule has 0 aliphatic rings. The van der Waals surface area contributed by atoms with Crippen LogP contribution in [-0.2, 0) is 6.54 Å². The standard InChI is InChI=1S/C15H19ClN2OS/c1-3-8-19-14-9-11(4-6-13(14)17)18(2)10-12-5-7-15(16)20-12/h4-7,9H,3,8,10,17H2,1-2H3. The first-order chi connectivity index (χ1) is 9.60. The molecule has 0 bridgehead atoms. The minimum absolute atomic E-state index is 0.676. The van der Waals surface area contributed by atoms with Crippen LogP contribution in [0, 0.1) is 0 Å². The third kappa shape index (κ3) is 3.81. The molecule has 2 rings (SSSR count). The van der Waals surface area contributed by atoms with E-state index in [0.717, 1.165) is 28.7 Å². The zero-order chi connectivity index (χ0) is 14.5. The Bertz CT molecular complexity index is 571. The predicted molar refractivity (Wildman–Crippen MR) is 88.1 cm³/mol. The molecule has 0 amide bonds. The Morgan fingerprint density at radius 2 is 2.10 bits per heavy atom. The lowest BCUT2D eigenvalue weighted by atomic mass is 10.2. The molecule has 5 heteroatoms. The maximum atomic E-state index is 5.96. The summed E-state index contributed by atoms with van der Waals surface area (Å²) in [5, 5.41) is 0. The van der Waals surface area contributed by atoms with Crippen molar-refractivity contribution in [3.8, 4) is 5.75 Å². The van der Waals surface area contributed by atoms with Crippen molar-refractivity contribution in [1.82, 2.24) is 0 Å². The van der Waals surface area contributed by atoms with Crippen molar-refractivity contribution in [3.63, 3.8) is 0 Å². The van der Waals surface area contributed by atoms with Gasteiger partial charge in [0.2, 0.25) is 0 Å². The first-order valence-electron chi connectivity index (χ1n) is 6.58. The molecule has 0 radical (unpaired) electrons. The molecule has 2 N–H and O–H groups in total. The van der Waals surface area contributed by atoms with Gasteiger partial charge in [0.1, 0.15) is 5.75 Å². The van der Waals surface area contributed by atoms with Crippen molar-refractivity contribution >= 4 is 34.3 Å². The molecule has 0 aliphatic heterocycles. The average Bonchev–Trinajstić information content (AvgIpc) is 2.83. The summed E-state index contributed by atoms with van der Waals surface area (Å²) in [5.41, 5.74) is 7.68. The van der Waals surface area contributed by atoms with Crippen LogP contribution >= 0.6 is 22.9 Å². The zero-order valence-electron chi connectivity index (χ0n) is 11.7. The molecule has 1 aromatic carbocycles. The monoisotopic (exact) mass is 310 g/mol. The van der Waals surface area contributed by atoms with Gasteiger partial charge in [0.05, 0.1) is 23.2 Å². The van der Waals surface area contributed by atoms with E-state index in [1.165, 1.54) is 4.88 Å². The van der Waals surface area contributed by atoms with Crippen LogP contribution in [0.4, 0.5) is 11.4 Å². The van der Waals surface area contributed by atoms with Gasteiger partial charge in [0.25, 0.3) is 0 Å². The minimum atomic E-state index is 0.676. The molecule has 0 aliphatic carbocycles. The van der Waals surface area contributed by atoms with Crippen LogP contribution in [-0.4, -0.2) is 13.7 Å². The number of hydrogen-bond donors (Lipinski definition) is 1. The van der Waals surface area contributed by atoms with Gasteiger partial charge in [-0.05, 0) is 30.7 Å². The highest BCUT2D eigenvalue weighted by Crippen LogP contribution is 2.29. The quantitative estimate of drug-likeness (QED) is 0.803. The SMILES string of the molecule is CCCOc1cc(N(C)Cc2ccc(Cl)s2)ccc1N. The second-order valence-electron chi connectivity index (χ2n) is 4.63. The van der Waals surface area contributed by atoms with Gasteiger partial charge in [-0.25, -0.2) is 0 Å². The normalized spacial score (nSPS) is 10.6. The fraction of sp³-hybridized carbons (Fsp3) is 0.333. The maximum absolute atomic E-state index is 5.96. The first-order valence-corrected chi connectivity index (χ1v) is 7.77. The molecule has 0 saturated heterocycles. The molecular formula is C15H19ClN2OS. The van der Waals surface area contributed by atoms with Gasteiger partial charge in [-0.2, -0.15) is 0 Å². The average molecular weight is 311 g/mol. The number of rotatable bonds is 6. The van der Waals surface area contributed by atoms with Crippen molar-refractivity contribution in [1.29, 1.82) is 0 Å². The Kier molecular flexibility index (Phi) is 5.15. The van der Waals surface area contributed by atoms with E-state index in [4.69, 9.17) is 22.1 Å². The maximum Gasteiger partial charge on any atom is 0.144 e. The van der Waals surface area contributed by atoms with E-state index in [1.54, 1.807) is 11.3 Å². The summed E-state index contributed by atoms with van der Waals surface area (Å²) in [7, 11) is 2.04. The number of ether oxygens (including phenoxy) is 1. The highest BCUT2D eigenvalue weighted by atomic mass is 35.5. The summed E-state index contributed by atoms with van der Waals surface area (Å²) >= 11 is 7.56. The summed E-state index contributed by atoms with van der Waals surface area (Å²) < 4.78 is 6.48. The molecule has 0 unspecified atom stereocenters. The Labute approximate surface area is 128 Å². The van der Waals surface area contributed by atoms with Gasteiger partial charge in [0.15, 0.2) is 0 Å². The molecule has 1 aromatic heterocycles. The lowest BCUT2D eigenvalue weighted by Gasteiger charge is -2.20. The number of thiophene rings is 1. The predicted octanol–water partition coefficient (Wildman–Crippen LogP) is 4.41. The zero-order valence-corrected chi connectivity index (χ0v) is 13.3. The van der Waals surface area contributed by atoms with Crippen molar-refractivity contribution in [2.75, 3.05) is 24.3 Å². The van der Waals surface area contributed by atoms with Crippen LogP contribution in [0.15, 0.2) is 30.3 Å². The molecule has 2 aromatic rings. The summed E-state index contributed by atoms with van der Waals surface area (Å²) in [5.74, 6) is 0.750. The summed E-state index contributed by atoms with van der Waals surface area (Å²) in [6, 6.07) is 9.85. The van der Waals surface area contributed by atoms with Crippen LogP contribution in [0.3, 0.4) is 0 Å². The smallest absolute Gasteiger partial charge is 0.144 e. The van der Waals surface area contributed by atoms with Crippen LogP contribution < -0.4 is 15.4 Å². The fourth-order valence-corrected chi connectivity index (χ4v) is 3.00. The van der Waals surface area contributed by atoms with Crippen molar-refractivity contribution < 1.29 is 4.74 Å². The highest BCUT2D eigenvalue weighted by molar-refractivity contribution is 7.16. The van der Waals surface area contributed by atoms with Crippen LogP contribution in [0.1, 0.15) is 18.2 Å². The van der Waals surface area contributed by atoms with Gasteiger partial charge in [-0.1, -0.05) is 18.5 Å². The number of nitrogens with zero attached hydrogens (tertiary/aromatic N) is 1. The number of anilines is 2. The molecular weight excluding hydrogens is 292 g/mol. The molecule has 0 atom stereocenters. The minimum Gasteiger partial charge on any atom is -0.491 e. The molecule has 3 nitrogen and oxygen atoms in total. The number of nitrogens with two attached hydrogens (primary N) is 1. The number of nitrogen functional groups attached to an aromatic ring is 1. The number of benzene rings is 1. The highest BCUT2D eigenvalue weighted by Gasteiger charge is 2.08. The molecule has 108 valence electrons. The molecule has 1 heterocycles. The van der Waals surface area contributed by atoms with E-state index >= 15 is 0 Å². The van der Waals surface area contributed by atoms with Gasteiger partial charge in [-0.3, -0.25) is 0 Å². The Balaban J connectivity index is 2.10. The molecule has 20 heavy (non-hydrogen) atoms. The van der Waals surface area contributed by atoms with E-state index in [1.807, 2.05) is 31.3 Å². The Morgan fingerprint density at radius 3 is 2.75 bits per heavy atom. The molecule has 0 spiro atoms. The van der Waals surface area contributed by atoms with Gasteiger partial charge < -0.3 is 15.4 Å². The fourth-order valence-electron chi connectivity index (χ4n) is 1.86. The molecule has 0 saturated carbocycles. The number of halogens is 1. The lowest BCUT2D eigenvalue weighted by Crippen LogP contribution is -2.15. The topological polar surface area (TPSA) is 38.5 Å². The van der Waals surface area contributed by atoms with Gasteiger partial charge >= 0.3 is 0 Å². The van der Waals surface area contributed by atoms with Gasteiger partial charge in [0, 0.05) is 23.7 Å². The van der Waals surface area contributed by atoms with E-state index in [0.29, 0.717) is 12.3 Å². The second kappa shape index (κ2) is 6.86. The first kappa shape index (κ1) is 15.0. The Hall–Kier alpha value is -1.39. The number of hydrogen-bond acceptors (Lipinski definition) is 4. The van der Waals surface area contributed by atoms with Crippen molar-refractivity contribution in [3.05, 3.63) is 39.5 Å². The van der Waals surface area contributed by atoms with Crippen LogP contribution in [0.25, 0.3) is 0 Å². The third-order valence-corrected chi connectivity index (χ3v) is 4.14. The van der Waals surface area contributed by atoms with E-state index < -0.39 is 0 Å². The van der Waals surface area contributed by atoms with Crippen molar-refractivity contribution in [2.45, 2.75) is 19.9 Å². The molecule has 0 fully saturated rings. The lowest BCUT2D eigenvalue weighted by molar-refractivity contribution is 0.319. The van der Waals surface area contributed by atoms with Crippen molar-refractivity contribution in [2.24, 2.45) is 0 Å². The second-order valence-corrected chi connectivity index (χ2v) is 6.43. The van der Waals surface area contributed by atoms with Gasteiger partial charge in [-0.15, -0.1) is 11.3 Å². The van der Waals surface area contributed by atoms with E-state index in [-0.39, 0.29) is 0 Å².